The van der Waals surface area contributed by atoms with Crippen molar-refractivity contribution < 1.29 is 4.74 Å². The van der Waals surface area contributed by atoms with Crippen LogP contribution in [0.1, 0.15) is 31.7 Å². The van der Waals surface area contributed by atoms with Crippen LogP contribution < -0.4 is 10.2 Å². The summed E-state index contributed by atoms with van der Waals surface area (Å²) in [5.74, 6) is 1.14. The van der Waals surface area contributed by atoms with Gasteiger partial charge in [0.1, 0.15) is 5.82 Å². The van der Waals surface area contributed by atoms with E-state index in [1.54, 1.807) is 0 Å². The molecule has 104 valence electrons. The monoisotopic (exact) mass is 261 g/mol. The third-order valence-corrected chi connectivity index (χ3v) is 3.92. The van der Waals surface area contributed by atoms with Crippen molar-refractivity contribution in [1.29, 1.82) is 0 Å². The van der Waals surface area contributed by atoms with Crippen molar-refractivity contribution in [3.05, 3.63) is 23.9 Å². The third-order valence-electron chi connectivity index (χ3n) is 3.92. The van der Waals surface area contributed by atoms with Gasteiger partial charge in [0.05, 0.1) is 12.7 Å². The Balaban J connectivity index is 1.70. The predicted octanol–water partition coefficient (Wildman–Crippen LogP) is 1.95. The lowest BCUT2D eigenvalue weighted by atomic mass is 10.2. The molecule has 3 rings (SSSR count). The minimum absolute atomic E-state index is 0.347. The Kier molecular flexibility index (Phi) is 3.99. The summed E-state index contributed by atoms with van der Waals surface area (Å²) in [5, 5.41) is 3.58. The van der Waals surface area contributed by atoms with Crippen molar-refractivity contribution >= 4 is 5.82 Å². The third kappa shape index (κ3) is 3.25. The van der Waals surface area contributed by atoms with Crippen molar-refractivity contribution in [1.82, 2.24) is 10.3 Å². The van der Waals surface area contributed by atoms with Gasteiger partial charge in [-0.2, -0.15) is 0 Å². The van der Waals surface area contributed by atoms with E-state index in [0.29, 0.717) is 6.10 Å². The summed E-state index contributed by atoms with van der Waals surface area (Å²) >= 11 is 0. The lowest BCUT2D eigenvalue weighted by Crippen LogP contribution is -2.43. The number of rotatable bonds is 5. The molecule has 1 unspecified atom stereocenters. The number of hydrogen-bond acceptors (Lipinski definition) is 4. The molecule has 1 saturated carbocycles. The van der Waals surface area contributed by atoms with Crippen molar-refractivity contribution in [3.8, 4) is 0 Å². The summed E-state index contributed by atoms with van der Waals surface area (Å²) in [5.41, 5.74) is 1.31. The van der Waals surface area contributed by atoms with E-state index in [1.165, 1.54) is 18.4 Å². The second-order valence-electron chi connectivity index (χ2n) is 5.49. The number of morpholine rings is 1. The Hall–Kier alpha value is -1.13. The molecule has 1 aromatic heterocycles. The molecule has 1 aliphatic heterocycles. The normalized spacial score (nSPS) is 23.6. The Morgan fingerprint density at radius 2 is 2.37 bits per heavy atom. The number of aromatic nitrogens is 1. The van der Waals surface area contributed by atoms with Gasteiger partial charge in [0.25, 0.3) is 0 Å². The number of nitrogens with zero attached hydrogens (tertiary/aromatic N) is 2. The molecule has 1 atom stereocenters. The molecule has 1 N–H and O–H groups in total. The van der Waals surface area contributed by atoms with Crippen LogP contribution in [0.2, 0.25) is 0 Å². The number of nitrogens with one attached hydrogen (secondary N) is 1. The van der Waals surface area contributed by atoms with Crippen LogP contribution in [0.3, 0.4) is 0 Å². The first-order valence-electron chi connectivity index (χ1n) is 7.40. The van der Waals surface area contributed by atoms with Crippen LogP contribution in [0, 0.1) is 0 Å². The average Bonchev–Trinajstić information content (AvgIpc) is 3.30. The van der Waals surface area contributed by atoms with Crippen LogP contribution in [0.5, 0.6) is 0 Å². The molecular weight excluding hydrogens is 238 g/mol. The van der Waals surface area contributed by atoms with E-state index in [4.69, 9.17) is 4.74 Å². The minimum Gasteiger partial charge on any atom is -0.375 e. The second kappa shape index (κ2) is 5.88. The first kappa shape index (κ1) is 12.9. The van der Waals surface area contributed by atoms with Gasteiger partial charge in [-0.25, -0.2) is 4.98 Å². The van der Waals surface area contributed by atoms with E-state index < -0.39 is 0 Å². The van der Waals surface area contributed by atoms with E-state index in [-0.39, 0.29) is 0 Å². The topological polar surface area (TPSA) is 37.4 Å². The highest BCUT2D eigenvalue weighted by atomic mass is 16.5. The zero-order valence-electron chi connectivity index (χ0n) is 11.6. The van der Waals surface area contributed by atoms with Gasteiger partial charge in [0.2, 0.25) is 0 Å². The quantitative estimate of drug-likeness (QED) is 0.879. The molecule has 2 fully saturated rings. The molecule has 2 heterocycles. The molecule has 0 radical (unpaired) electrons. The van der Waals surface area contributed by atoms with Gasteiger partial charge in [-0.3, -0.25) is 0 Å². The number of ether oxygens (including phenoxy) is 1. The predicted molar refractivity (Wildman–Crippen MR) is 76.3 cm³/mol. The maximum Gasteiger partial charge on any atom is 0.133 e. The molecule has 2 aliphatic rings. The Bertz CT molecular complexity index is 420. The zero-order valence-corrected chi connectivity index (χ0v) is 11.6. The lowest BCUT2D eigenvalue weighted by Gasteiger charge is -2.34. The fraction of sp³-hybridized carbons (Fsp3) is 0.667. The van der Waals surface area contributed by atoms with E-state index >= 15 is 0 Å². The van der Waals surface area contributed by atoms with Crippen molar-refractivity contribution in [3.63, 3.8) is 0 Å². The van der Waals surface area contributed by atoms with Gasteiger partial charge in [0.15, 0.2) is 0 Å². The molecule has 4 heteroatoms. The van der Waals surface area contributed by atoms with Crippen LogP contribution in [0.4, 0.5) is 5.82 Å². The van der Waals surface area contributed by atoms with Crippen LogP contribution in [-0.4, -0.2) is 36.8 Å². The summed E-state index contributed by atoms with van der Waals surface area (Å²) in [6.45, 7) is 5.84. The van der Waals surface area contributed by atoms with Gasteiger partial charge in [0, 0.05) is 37.4 Å². The SMILES string of the molecule is CCC1CN(c2ncccc2CNC2CC2)CCO1. The smallest absolute Gasteiger partial charge is 0.133 e. The summed E-state index contributed by atoms with van der Waals surface area (Å²) < 4.78 is 5.74. The Labute approximate surface area is 115 Å². The fourth-order valence-corrected chi connectivity index (χ4v) is 2.55. The van der Waals surface area contributed by atoms with Gasteiger partial charge in [-0.1, -0.05) is 13.0 Å². The molecule has 0 spiro atoms. The molecular formula is C15H23N3O. The minimum atomic E-state index is 0.347. The second-order valence-corrected chi connectivity index (χ2v) is 5.49. The average molecular weight is 261 g/mol. The number of hydrogen-bond donors (Lipinski definition) is 1. The highest BCUT2D eigenvalue weighted by Crippen LogP contribution is 2.23. The molecule has 0 aromatic carbocycles. The van der Waals surface area contributed by atoms with Crippen LogP contribution >= 0.6 is 0 Å². The van der Waals surface area contributed by atoms with Crippen molar-refractivity contribution in [2.45, 2.75) is 44.9 Å². The molecule has 0 bridgehead atoms. The first-order valence-corrected chi connectivity index (χ1v) is 7.40. The van der Waals surface area contributed by atoms with Gasteiger partial charge < -0.3 is 15.0 Å². The van der Waals surface area contributed by atoms with Crippen LogP contribution in [-0.2, 0) is 11.3 Å². The Morgan fingerprint density at radius 3 is 3.16 bits per heavy atom. The summed E-state index contributed by atoms with van der Waals surface area (Å²) in [6, 6.07) is 4.96. The molecule has 1 aromatic rings. The number of pyridine rings is 1. The molecule has 19 heavy (non-hydrogen) atoms. The summed E-state index contributed by atoms with van der Waals surface area (Å²) in [6.07, 6.45) is 5.96. The van der Waals surface area contributed by atoms with Crippen molar-refractivity contribution in [2.75, 3.05) is 24.6 Å². The standard InChI is InChI=1S/C15H23N3O/c1-2-14-11-18(8-9-19-14)15-12(4-3-7-16-15)10-17-13-5-6-13/h3-4,7,13-14,17H,2,5-6,8-11H2,1H3. The van der Waals surface area contributed by atoms with E-state index in [0.717, 1.165) is 44.5 Å². The summed E-state index contributed by atoms with van der Waals surface area (Å²) in [7, 11) is 0. The van der Waals surface area contributed by atoms with Crippen LogP contribution in [0.25, 0.3) is 0 Å². The maximum absolute atomic E-state index is 5.74. The zero-order chi connectivity index (χ0) is 13.1. The Morgan fingerprint density at radius 1 is 1.47 bits per heavy atom. The fourth-order valence-electron chi connectivity index (χ4n) is 2.55. The first-order chi connectivity index (χ1) is 9.36. The molecule has 0 amide bonds. The van der Waals surface area contributed by atoms with E-state index in [2.05, 4.69) is 28.2 Å². The van der Waals surface area contributed by atoms with Crippen LogP contribution in [0.15, 0.2) is 18.3 Å². The highest BCUT2D eigenvalue weighted by Gasteiger charge is 2.24. The van der Waals surface area contributed by atoms with Gasteiger partial charge in [-0.15, -0.1) is 0 Å². The van der Waals surface area contributed by atoms with Crippen molar-refractivity contribution in [2.24, 2.45) is 0 Å². The number of anilines is 1. The molecule has 4 nitrogen and oxygen atoms in total. The van der Waals surface area contributed by atoms with E-state index in [9.17, 15) is 0 Å². The maximum atomic E-state index is 5.74. The molecule has 1 saturated heterocycles. The highest BCUT2D eigenvalue weighted by molar-refractivity contribution is 5.47. The van der Waals surface area contributed by atoms with Gasteiger partial charge in [-0.05, 0) is 25.3 Å². The molecule has 1 aliphatic carbocycles. The summed E-state index contributed by atoms with van der Waals surface area (Å²) in [4.78, 5) is 6.98. The van der Waals surface area contributed by atoms with Gasteiger partial charge >= 0.3 is 0 Å². The largest absolute Gasteiger partial charge is 0.375 e. The lowest BCUT2D eigenvalue weighted by molar-refractivity contribution is 0.0381. The van der Waals surface area contributed by atoms with E-state index in [1.807, 2.05) is 12.3 Å².